The lowest BCUT2D eigenvalue weighted by Crippen LogP contribution is -2.42. The van der Waals surface area contributed by atoms with Crippen LogP contribution >= 0.6 is 11.8 Å². The first kappa shape index (κ1) is 17.0. The van der Waals surface area contributed by atoms with Crippen LogP contribution in [-0.4, -0.2) is 40.9 Å². The van der Waals surface area contributed by atoms with Gasteiger partial charge in [0.15, 0.2) is 0 Å². The zero-order chi connectivity index (χ0) is 15.3. The Morgan fingerprint density at radius 3 is 2.60 bits per heavy atom. The van der Waals surface area contributed by atoms with E-state index in [9.17, 15) is 14.3 Å². The summed E-state index contributed by atoms with van der Waals surface area (Å²) < 4.78 is 13.6. The fraction of sp³-hybridized carbons (Fsp3) is 0.533. The van der Waals surface area contributed by atoms with Crippen LogP contribution in [0, 0.1) is 5.82 Å². The van der Waals surface area contributed by atoms with Crippen molar-refractivity contribution in [3.63, 3.8) is 0 Å². The molecule has 1 N–H and O–H groups in total. The van der Waals surface area contributed by atoms with E-state index in [1.165, 1.54) is 23.9 Å². The quantitative estimate of drug-likeness (QED) is 0.878. The highest BCUT2D eigenvalue weighted by molar-refractivity contribution is 7.97. The number of thioether (sulfide) groups is 1. The number of rotatable bonds is 6. The van der Waals surface area contributed by atoms with Crippen molar-refractivity contribution in [3.8, 4) is 0 Å². The van der Waals surface area contributed by atoms with Gasteiger partial charge in [-0.1, -0.05) is 0 Å². The Morgan fingerprint density at radius 2 is 2.10 bits per heavy atom. The largest absolute Gasteiger partial charge is 0.389 e. The van der Waals surface area contributed by atoms with Crippen LogP contribution in [0.15, 0.2) is 18.2 Å². The van der Waals surface area contributed by atoms with E-state index in [4.69, 9.17) is 0 Å². The highest BCUT2D eigenvalue weighted by Crippen LogP contribution is 2.18. The molecule has 0 aliphatic carbocycles. The minimum absolute atomic E-state index is 0.183. The number of amides is 1. The number of aliphatic hydroxyl groups is 1. The Hall–Kier alpha value is -1.07. The molecule has 0 saturated heterocycles. The maximum absolute atomic E-state index is 13.6. The van der Waals surface area contributed by atoms with E-state index < -0.39 is 5.60 Å². The van der Waals surface area contributed by atoms with Gasteiger partial charge in [0.1, 0.15) is 5.82 Å². The number of likely N-dealkylation sites (N-methyl/N-ethyl adjacent to an activating group) is 1. The molecular weight excluding hydrogens is 277 g/mol. The molecule has 0 saturated carbocycles. The Labute approximate surface area is 124 Å². The monoisotopic (exact) mass is 299 g/mol. The second kappa shape index (κ2) is 7.09. The Morgan fingerprint density at radius 1 is 1.45 bits per heavy atom. The van der Waals surface area contributed by atoms with Crippen molar-refractivity contribution in [1.82, 2.24) is 4.90 Å². The summed E-state index contributed by atoms with van der Waals surface area (Å²) in [5, 5.41) is 9.84. The molecule has 1 rings (SSSR count). The molecule has 5 heteroatoms. The number of nitrogens with zero attached hydrogens (tertiary/aromatic N) is 1. The number of halogens is 1. The van der Waals surface area contributed by atoms with E-state index in [0.717, 1.165) is 0 Å². The lowest BCUT2D eigenvalue weighted by atomic mass is 10.1. The molecule has 20 heavy (non-hydrogen) atoms. The second-order valence-electron chi connectivity index (χ2n) is 5.37. The van der Waals surface area contributed by atoms with Gasteiger partial charge in [-0.25, -0.2) is 4.39 Å². The van der Waals surface area contributed by atoms with Gasteiger partial charge in [-0.3, -0.25) is 4.79 Å². The van der Waals surface area contributed by atoms with Crippen LogP contribution in [-0.2, 0) is 5.75 Å². The van der Waals surface area contributed by atoms with Gasteiger partial charge < -0.3 is 10.0 Å². The second-order valence-corrected chi connectivity index (χ2v) is 6.24. The predicted octanol–water partition coefficient (Wildman–Crippen LogP) is 2.92. The topological polar surface area (TPSA) is 40.5 Å². The van der Waals surface area contributed by atoms with Gasteiger partial charge in [-0.2, -0.15) is 11.8 Å². The summed E-state index contributed by atoms with van der Waals surface area (Å²) in [4.78, 5) is 14.0. The normalized spacial score (nSPS) is 11.5. The highest BCUT2D eigenvalue weighted by atomic mass is 32.2. The summed E-state index contributed by atoms with van der Waals surface area (Å²) in [6.07, 6.45) is 1.89. The molecular formula is C15H22FNO2S. The Kier molecular flexibility index (Phi) is 6.02. The Bertz CT molecular complexity index is 471. The maximum Gasteiger partial charge on any atom is 0.253 e. The van der Waals surface area contributed by atoms with Gasteiger partial charge >= 0.3 is 0 Å². The molecule has 1 aromatic rings. The van der Waals surface area contributed by atoms with E-state index in [2.05, 4.69) is 0 Å². The minimum Gasteiger partial charge on any atom is -0.389 e. The van der Waals surface area contributed by atoms with Crippen LogP contribution in [0.1, 0.15) is 36.7 Å². The van der Waals surface area contributed by atoms with Gasteiger partial charge in [-0.05, 0) is 50.8 Å². The van der Waals surface area contributed by atoms with Crippen molar-refractivity contribution >= 4 is 17.7 Å². The average Bonchev–Trinajstić information content (AvgIpc) is 2.37. The van der Waals surface area contributed by atoms with E-state index in [-0.39, 0.29) is 18.3 Å². The zero-order valence-electron chi connectivity index (χ0n) is 12.4. The third-order valence-electron chi connectivity index (χ3n) is 2.84. The van der Waals surface area contributed by atoms with Crippen molar-refractivity contribution in [1.29, 1.82) is 0 Å². The van der Waals surface area contributed by atoms with Crippen LogP contribution < -0.4 is 0 Å². The maximum atomic E-state index is 13.6. The summed E-state index contributed by atoms with van der Waals surface area (Å²) in [5.74, 6) is 0.0586. The summed E-state index contributed by atoms with van der Waals surface area (Å²) in [6.45, 7) is 5.92. The van der Waals surface area contributed by atoms with Crippen LogP contribution in [0.4, 0.5) is 4.39 Å². The van der Waals surface area contributed by atoms with Crippen molar-refractivity contribution in [3.05, 3.63) is 35.1 Å². The summed E-state index contributed by atoms with van der Waals surface area (Å²) in [5.41, 5.74) is 0.0394. The van der Waals surface area contributed by atoms with Crippen molar-refractivity contribution in [2.75, 3.05) is 19.3 Å². The molecule has 0 aliphatic heterocycles. The minimum atomic E-state index is -0.951. The van der Waals surface area contributed by atoms with Gasteiger partial charge in [0, 0.05) is 24.4 Å². The Balaban J connectivity index is 2.98. The molecule has 0 unspecified atom stereocenters. The van der Waals surface area contributed by atoms with Crippen LogP contribution in [0.2, 0.25) is 0 Å². The predicted molar refractivity (Wildman–Crippen MR) is 81.5 cm³/mol. The average molecular weight is 299 g/mol. The smallest absolute Gasteiger partial charge is 0.253 e. The molecule has 1 aromatic carbocycles. The summed E-state index contributed by atoms with van der Waals surface area (Å²) in [7, 11) is 0. The standard InChI is InChI=1S/C15H22FNO2S/c1-5-17(10-15(2,3)19)14(18)11-6-7-13(16)12(8-11)9-20-4/h6-8,19H,5,9-10H2,1-4H3. The number of hydrogen-bond acceptors (Lipinski definition) is 3. The molecule has 0 aromatic heterocycles. The van der Waals surface area contributed by atoms with Gasteiger partial charge in [0.25, 0.3) is 5.91 Å². The number of carbonyl (C=O) groups is 1. The van der Waals surface area contributed by atoms with E-state index >= 15 is 0 Å². The molecule has 3 nitrogen and oxygen atoms in total. The summed E-state index contributed by atoms with van der Waals surface area (Å²) >= 11 is 1.51. The lowest BCUT2D eigenvalue weighted by Gasteiger charge is -2.28. The number of carbonyl (C=O) groups excluding carboxylic acids is 1. The van der Waals surface area contributed by atoms with Gasteiger partial charge in [-0.15, -0.1) is 0 Å². The first-order valence-corrected chi connectivity index (χ1v) is 7.97. The van der Waals surface area contributed by atoms with Crippen LogP contribution in [0.3, 0.4) is 0 Å². The first-order valence-electron chi connectivity index (χ1n) is 6.57. The molecule has 0 heterocycles. The molecule has 112 valence electrons. The molecule has 0 fully saturated rings. The lowest BCUT2D eigenvalue weighted by molar-refractivity contribution is 0.0314. The SMILES string of the molecule is CCN(CC(C)(C)O)C(=O)c1ccc(F)c(CSC)c1. The third-order valence-corrected chi connectivity index (χ3v) is 3.44. The zero-order valence-corrected chi connectivity index (χ0v) is 13.3. The van der Waals surface area contributed by atoms with Crippen molar-refractivity contribution < 1.29 is 14.3 Å². The van der Waals surface area contributed by atoms with Gasteiger partial charge in [0.05, 0.1) is 5.60 Å². The third kappa shape index (κ3) is 4.80. The van der Waals surface area contributed by atoms with E-state index in [1.54, 1.807) is 24.8 Å². The molecule has 1 amide bonds. The number of benzene rings is 1. The van der Waals surface area contributed by atoms with Gasteiger partial charge in [0.2, 0.25) is 0 Å². The molecule has 0 atom stereocenters. The van der Waals surface area contributed by atoms with Crippen molar-refractivity contribution in [2.45, 2.75) is 32.1 Å². The van der Waals surface area contributed by atoms with Crippen LogP contribution in [0.25, 0.3) is 0 Å². The molecule has 0 aliphatic rings. The molecule has 0 bridgehead atoms. The van der Waals surface area contributed by atoms with Crippen molar-refractivity contribution in [2.24, 2.45) is 0 Å². The first-order chi connectivity index (χ1) is 9.28. The fourth-order valence-electron chi connectivity index (χ4n) is 1.95. The highest BCUT2D eigenvalue weighted by Gasteiger charge is 2.22. The number of hydrogen-bond donors (Lipinski definition) is 1. The molecule has 0 spiro atoms. The molecule has 0 radical (unpaired) electrons. The van der Waals surface area contributed by atoms with E-state index in [1.807, 2.05) is 13.2 Å². The fourth-order valence-corrected chi connectivity index (χ4v) is 2.48. The summed E-state index contributed by atoms with van der Waals surface area (Å²) in [6, 6.07) is 4.42. The van der Waals surface area contributed by atoms with Crippen LogP contribution in [0.5, 0.6) is 0 Å². The van der Waals surface area contributed by atoms with E-state index in [0.29, 0.717) is 23.4 Å².